The molecule has 0 aromatic heterocycles. The molecule has 5 saturated carbocycles. The highest BCUT2D eigenvalue weighted by Gasteiger charge is 2.70. The molecule has 5 rings (SSSR count). The lowest BCUT2D eigenvalue weighted by molar-refractivity contribution is -0.241. The predicted molar refractivity (Wildman–Crippen MR) is 196 cm³/mol. The van der Waals surface area contributed by atoms with E-state index in [9.17, 15) is 19.2 Å². The summed E-state index contributed by atoms with van der Waals surface area (Å²) in [6, 6.07) is 0. The molecule has 5 aliphatic carbocycles. The van der Waals surface area contributed by atoms with Gasteiger partial charge < -0.3 is 18.9 Å². The summed E-state index contributed by atoms with van der Waals surface area (Å²) >= 11 is 0. The van der Waals surface area contributed by atoms with Crippen LogP contribution in [-0.4, -0.2) is 48.8 Å². The average molecular weight is 715 g/mol. The molecule has 0 radical (unpaired) electrons. The molecule has 0 spiro atoms. The largest absolute Gasteiger partial charge is 0.462 e. The van der Waals surface area contributed by atoms with E-state index in [1.807, 2.05) is 0 Å². The summed E-state index contributed by atoms with van der Waals surface area (Å²) in [4.78, 5) is 48.3. The third-order valence-electron chi connectivity index (χ3n) is 16.5. The Morgan fingerprint density at radius 1 is 0.588 bits per heavy atom. The van der Waals surface area contributed by atoms with Crippen LogP contribution in [0, 0.1) is 62.6 Å². The van der Waals surface area contributed by atoms with Gasteiger partial charge in [0.1, 0.15) is 12.7 Å². The van der Waals surface area contributed by atoms with Crippen LogP contribution in [0.1, 0.15) is 160 Å². The van der Waals surface area contributed by atoms with Crippen molar-refractivity contribution in [3.05, 3.63) is 0 Å². The van der Waals surface area contributed by atoms with E-state index >= 15 is 0 Å². The smallest absolute Gasteiger partial charge is 0.303 e. The van der Waals surface area contributed by atoms with E-state index in [0.29, 0.717) is 51.2 Å². The number of ether oxygens (including phenoxy) is 4. The van der Waals surface area contributed by atoms with Crippen molar-refractivity contribution in [3.8, 4) is 0 Å². The van der Waals surface area contributed by atoms with Crippen LogP contribution in [0.25, 0.3) is 0 Å². The second kappa shape index (κ2) is 14.6. The molecular weight excluding hydrogens is 644 g/mol. The first-order valence-electron chi connectivity index (χ1n) is 20.3. The number of carbonyl (C=O) groups is 4. The Balaban J connectivity index is 1.33. The molecule has 8 nitrogen and oxygen atoms in total. The number of hydrogen-bond donors (Lipinski definition) is 0. The number of esters is 4. The van der Waals surface area contributed by atoms with E-state index in [4.69, 9.17) is 18.9 Å². The maximum Gasteiger partial charge on any atom is 0.303 e. The van der Waals surface area contributed by atoms with Gasteiger partial charge in [0.25, 0.3) is 0 Å². The summed E-state index contributed by atoms with van der Waals surface area (Å²) in [5.41, 5.74) is 1.92. The maximum atomic E-state index is 12.4. The van der Waals surface area contributed by atoms with E-state index in [2.05, 4.69) is 48.5 Å². The van der Waals surface area contributed by atoms with Crippen molar-refractivity contribution in [3.63, 3.8) is 0 Å². The fourth-order valence-corrected chi connectivity index (χ4v) is 14.4. The standard InChI is InChI=1S/C43H70O8/c1-26(13-14-33(49-28(3)45)38(51-30(5)47)34(50-29(4)46)25-48-27(2)44)31-17-22-40(8)32(31)18-23-42(10)36(40)15-16-37-41(9)21-12-20-39(6,7)35(41)19-24-43(37,42)11/h26,31-38H,12-25H2,1-11H3/t26-,31-,32-,33-,34-,35+,36-,37-,38-,40+,41+,42-,43-/m1/s1. The SMILES string of the molecule is CC(=O)OC[C@@H](OC(C)=O)[C@H](OC(C)=O)[C@@H](CC[C@@H](C)[C@H]1CC[C@@]2(C)[C@@H]1CC[C@]1(C)[C@@H]2CC[C@@H]2[C@@]3(C)CCCC(C)(C)[C@@H]3CC[C@]21C)OC(C)=O. The number of rotatable bonds is 11. The van der Waals surface area contributed by atoms with E-state index < -0.39 is 42.2 Å². The zero-order valence-electron chi connectivity index (χ0n) is 33.9. The lowest BCUT2D eigenvalue weighted by Crippen LogP contribution is -2.65. The first-order valence-corrected chi connectivity index (χ1v) is 20.3. The normalized spacial score (nSPS) is 40.5. The molecule has 13 atom stereocenters. The summed E-state index contributed by atoms with van der Waals surface area (Å²) in [6.07, 6.45) is 12.8. The summed E-state index contributed by atoms with van der Waals surface area (Å²) in [5.74, 6) is 1.68. The molecule has 0 unspecified atom stereocenters. The number of fused-ring (bicyclic) bond motifs is 7. The van der Waals surface area contributed by atoms with Gasteiger partial charge in [-0.1, -0.05) is 54.9 Å². The van der Waals surface area contributed by atoms with Crippen molar-refractivity contribution in [1.29, 1.82) is 0 Å². The highest BCUT2D eigenvalue weighted by molar-refractivity contribution is 5.68. The van der Waals surface area contributed by atoms with Gasteiger partial charge in [0.05, 0.1) is 0 Å². The zero-order valence-corrected chi connectivity index (χ0v) is 33.9. The molecule has 51 heavy (non-hydrogen) atoms. The lowest BCUT2D eigenvalue weighted by Gasteiger charge is -2.73. The number of hydrogen-bond acceptors (Lipinski definition) is 8. The van der Waals surface area contributed by atoms with Crippen LogP contribution in [-0.2, 0) is 38.1 Å². The van der Waals surface area contributed by atoms with Crippen molar-refractivity contribution < 1.29 is 38.1 Å². The lowest BCUT2D eigenvalue weighted by atomic mass is 9.32. The molecular formula is C43H70O8. The van der Waals surface area contributed by atoms with E-state index in [-0.39, 0.29) is 6.61 Å². The molecule has 5 fully saturated rings. The molecule has 0 heterocycles. The Bertz CT molecular complexity index is 1320. The molecule has 0 saturated heterocycles. The fraction of sp³-hybridized carbons (Fsp3) is 0.907. The molecule has 0 aromatic carbocycles. The third kappa shape index (κ3) is 7.25. The summed E-state index contributed by atoms with van der Waals surface area (Å²) in [7, 11) is 0. The van der Waals surface area contributed by atoms with Gasteiger partial charge in [-0.05, 0) is 140 Å². The van der Waals surface area contributed by atoms with Crippen molar-refractivity contribution >= 4 is 23.9 Å². The predicted octanol–water partition coefficient (Wildman–Crippen LogP) is 9.25. The second-order valence-corrected chi connectivity index (χ2v) is 19.5. The van der Waals surface area contributed by atoms with Crippen LogP contribution in [0.2, 0.25) is 0 Å². The van der Waals surface area contributed by atoms with Gasteiger partial charge in [-0.25, -0.2) is 0 Å². The Labute approximate surface area is 308 Å². The van der Waals surface area contributed by atoms with Crippen molar-refractivity contribution in [1.82, 2.24) is 0 Å². The first-order chi connectivity index (χ1) is 23.7. The quantitative estimate of drug-likeness (QED) is 0.154. The minimum atomic E-state index is -1.10. The van der Waals surface area contributed by atoms with Crippen LogP contribution >= 0.6 is 0 Å². The van der Waals surface area contributed by atoms with E-state index in [1.165, 1.54) is 98.3 Å². The first kappa shape index (κ1) is 40.1. The van der Waals surface area contributed by atoms with Crippen molar-refractivity contribution in [2.24, 2.45) is 62.6 Å². The summed E-state index contributed by atoms with van der Waals surface area (Å²) < 4.78 is 22.1. The number of carbonyl (C=O) groups excluding carboxylic acids is 4. The summed E-state index contributed by atoms with van der Waals surface area (Å²) in [5, 5.41) is 0. The van der Waals surface area contributed by atoms with Gasteiger partial charge in [0.2, 0.25) is 0 Å². The Morgan fingerprint density at radius 2 is 1.16 bits per heavy atom. The Hall–Kier alpha value is -2.12. The molecule has 0 bridgehead atoms. The molecule has 0 aromatic rings. The minimum absolute atomic E-state index is 0.305. The van der Waals surface area contributed by atoms with Gasteiger partial charge in [-0.3, -0.25) is 19.2 Å². The van der Waals surface area contributed by atoms with Crippen LogP contribution in [0.5, 0.6) is 0 Å². The highest BCUT2D eigenvalue weighted by atomic mass is 16.6. The van der Waals surface area contributed by atoms with E-state index in [1.54, 1.807) is 0 Å². The topological polar surface area (TPSA) is 105 Å². The van der Waals surface area contributed by atoms with Gasteiger partial charge in [-0.2, -0.15) is 0 Å². The maximum absolute atomic E-state index is 12.4. The van der Waals surface area contributed by atoms with E-state index in [0.717, 1.165) is 24.2 Å². The second-order valence-electron chi connectivity index (χ2n) is 19.5. The van der Waals surface area contributed by atoms with Gasteiger partial charge in [0.15, 0.2) is 12.2 Å². The third-order valence-corrected chi connectivity index (χ3v) is 16.5. The van der Waals surface area contributed by atoms with Crippen molar-refractivity contribution in [2.75, 3.05) is 6.61 Å². The highest BCUT2D eigenvalue weighted by Crippen LogP contribution is 2.78. The van der Waals surface area contributed by atoms with Crippen LogP contribution in [0.3, 0.4) is 0 Å². The average Bonchev–Trinajstić information content (AvgIpc) is 3.36. The zero-order chi connectivity index (χ0) is 37.7. The van der Waals surface area contributed by atoms with Crippen molar-refractivity contribution in [2.45, 2.75) is 178 Å². The molecule has 290 valence electrons. The van der Waals surface area contributed by atoms with Crippen LogP contribution in [0.4, 0.5) is 0 Å². The van der Waals surface area contributed by atoms with Gasteiger partial charge >= 0.3 is 23.9 Å². The Kier molecular flexibility index (Phi) is 11.5. The molecule has 0 amide bonds. The molecule has 0 aliphatic heterocycles. The minimum Gasteiger partial charge on any atom is -0.462 e. The molecule has 0 N–H and O–H groups in total. The van der Waals surface area contributed by atoms with Crippen LogP contribution in [0.15, 0.2) is 0 Å². The Morgan fingerprint density at radius 3 is 1.75 bits per heavy atom. The molecule has 8 heteroatoms. The summed E-state index contributed by atoms with van der Waals surface area (Å²) in [6.45, 7) is 23.0. The monoisotopic (exact) mass is 715 g/mol. The molecule has 5 aliphatic rings. The fourth-order valence-electron chi connectivity index (χ4n) is 14.4. The van der Waals surface area contributed by atoms with Crippen LogP contribution < -0.4 is 0 Å². The van der Waals surface area contributed by atoms with Gasteiger partial charge in [-0.15, -0.1) is 0 Å². The van der Waals surface area contributed by atoms with Gasteiger partial charge in [0, 0.05) is 27.7 Å².